The van der Waals surface area contributed by atoms with Crippen LogP contribution in [0.1, 0.15) is 47.7 Å². The first kappa shape index (κ1) is 19.4. The second-order valence-electron chi connectivity index (χ2n) is 7.94. The van der Waals surface area contributed by atoms with Gasteiger partial charge in [-0.1, -0.05) is 19.1 Å². The van der Waals surface area contributed by atoms with Gasteiger partial charge in [0.2, 0.25) is 0 Å². The van der Waals surface area contributed by atoms with E-state index in [9.17, 15) is 4.79 Å². The number of ether oxygens (including phenoxy) is 1. The summed E-state index contributed by atoms with van der Waals surface area (Å²) in [7, 11) is 0. The van der Waals surface area contributed by atoms with Crippen LogP contribution < -0.4 is 4.74 Å². The molecule has 0 radical (unpaired) electrons. The number of nitrogens with zero attached hydrogens (tertiary/aromatic N) is 1. The summed E-state index contributed by atoms with van der Waals surface area (Å²) in [5.74, 6) is 4.36. The van der Waals surface area contributed by atoms with Crippen LogP contribution in [0.2, 0.25) is 0 Å². The lowest BCUT2D eigenvalue weighted by Gasteiger charge is -2.21. The Morgan fingerprint density at radius 3 is 2.62 bits per heavy atom. The van der Waals surface area contributed by atoms with Gasteiger partial charge in [0.05, 0.1) is 19.4 Å². The van der Waals surface area contributed by atoms with Crippen molar-refractivity contribution in [3.63, 3.8) is 0 Å². The molecule has 29 heavy (non-hydrogen) atoms. The minimum absolute atomic E-state index is 0.0295. The molecule has 0 bridgehead atoms. The number of carbonyl (C=O) groups is 1. The highest BCUT2D eigenvalue weighted by atomic mass is 16.5. The molecule has 5 nitrogen and oxygen atoms in total. The van der Waals surface area contributed by atoms with Gasteiger partial charge in [0.15, 0.2) is 6.61 Å². The average Bonchev–Trinajstić information content (AvgIpc) is 3.10. The molecule has 0 spiro atoms. The quantitative estimate of drug-likeness (QED) is 0.526. The molecule has 1 aliphatic rings. The minimum Gasteiger partial charge on any atom is -0.483 e. The summed E-state index contributed by atoms with van der Waals surface area (Å²) in [5.41, 5.74) is 2.19. The summed E-state index contributed by atoms with van der Waals surface area (Å²) < 4.78 is 17.3. The van der Waals surface area contributed by atoms with Crippen LogP contribution in [0.4, 0.5) is 0 Å². The number of aryl methyl sites for hydroxylation is 1. The monoisotopic (exact) mass is 393 g/mol. The molecule has 0 saturated heterocycles. The first-order valence-electron chi connectivity index (χ1n) is 10.1. The summed E-state index contributed by atoms with van der Waals surface area (Å²) in [4.78, 5) is 14.7. The third-order valence-electron chi connectivity index (χ3n) is 5.69. The van der Waals surface area contributed by atoms with E-state index < -0.39 is 0 Å². The standard InChI is InChI=1S/C24H27NO4/c1-16-6-4-8-22(18(16)3)28-15-24(26)25(13-19-7-5-11-27-19)14-20-9-10-23(29-20)21-12-17(21)2/h4-11,17,21H,12-15H2,1-3H3. The molecule has 4 rings (SSSR count). The van der Waals surface area contributed by atoms with Gasteiger partial charge in [-0.05, 0) is 67.6 Å². The van der Waals surface area contributed by atoms with Crippen molar-refractivity contribution in [2.24, 2.45) is 5.92 Å². The molecular formula is C24H27NO4. The molecule has 1 aromatic carbocycles. The van der Waals surface area contributed by atoms with Gasteiger partial charge >= 0.3 is 0 Å². The smallest absolute Gasteiger partial charge is 0.261 e. The molecule has 0 N–H and O–H groups in total. The Hall–Kier alpha value is -2.95. The lowest BCUT2D eigenvalue weighted by atomic mass is 10.1. The molecule has 5 heteroatoms. The molecule has 3 aromatic rings. The minimum atomic E-state index is -0.111. The van der Waals surface area contributed by atoms with Gasteiger partial charge in [-0.3, -0.25) is 4.79 Å². The number of carbonyl (C=O) groups excluding carboxylic acids is 1. The third-order valence-corrected chi connectivity index (χ3v) is 5.69. The first-order chi connectivity index (χ1) is 14.0. The molecular weight excluding hydrogens is 366 g/mol. The normalized spacial score (nSPS) is 17.9. The zero-order chi connectivity index (χ0) is 20.4. The Kier molecular flexibility index (Phi) is 5.47. The fraction of sp³-hybridized carbons (Fsp3) is 0.375. The Bertz CT molecular complexity index is 973. The molecule has 2 aromatic heterocycles. The van der Waals surface area contributed by atoms with E-state index in [1.165, 1.54) is 6.42 Å². The van der Waals surface area contributed by atoms with Crippen LogP contribution in [-0.4, -0.2) is 17.4 Å². The predicted molar refractivity (Wildman–Crippen MR) is 110 cm³/mol. The Morgan fingerprint density at radius 2 is 1.90 bits per heavy atom. The van der Waals surface area contributed by atoms with Crippen LogP contribution in [0.25, 0.3) is 0 Å². The van der Waals surface area contributed by atoms with Gasteiger partial charge in [-0.25, -0.2) is 0 Å². The molecule has 152 valence electrons. The highest BCUT2D eigenvalue weighted by Crippen LogP contribution is 2.47. The summed E-state index contributed by atoms with van der Waals surface area (Å²) in [6.07, 6.45) is 2.79. The predicted octanol–water partition coefficient (Wildman–Crippen LogP) is 5.22. The fourth-order valence-electron chi connectivity index (χ4n) is 3.52. The summed E-state index contributed by atoms with van der Waals surface area (Å²) in [6, 6.07) is 13.5. The fourth-order valence-corrected chi connectivity index (χ4v) is 3.52. The highest BCUT2D eigenvalue weighted by Gasteiger charge is 2.36. The highest BCUT2D eigenvalue weighted by molar-refractivity contribution is 5.77. The maximum atomic E-state index is 13.0. The van der Waals surface area contributed by atoms with Gasteiger partial charge in [0.1, 0.15) is 23.0 Å². The average molecular weight is 393 g/mol. The van der Waals surface area contributed by atoms with Crippen molar-refractivity contribution in [2.45, 2.75) is 46.2 Å². The van der Waals surface area contributed by atoms with E-state index in [4.69, 9.17) is 13.6 Å². The van der Waals surface area contributed by atoms with Crippen LogP contribution in [0, 0.1) is 19.8 Å². The summed E-state index contributed by atoms with van der Waals surface area (Å²) in [6.45, 7) is 6.98. The van der Waals surface area contributed by atoms with Crippen molar-refractivity contribution in [2.75, 3.05) is 6.61 Å². The zero-order valence-corrected chi connectivity index (χ0v) is 17.2. The van der Waals surface area contributed by atoms with Crippen LogP contribution in [0.3, 0.4) is 0 Å². The van der Waals surface area contributed by atoms with E-state index in [0.717, 1.165) is 34.2 Å². The Labute approximate surface area is 171 Å². The van der Waals surface area contributed by atoms with Crippen LogP contribution in [-0.2, 0) is 17.9 Å². The lowest BCUT2D eigenvalue weighted by molar-refractivity contribution is -0.135. The van der Waals surface area contributed by atoms with Gasteiger partial charge in [0, 0.05) is 5.92 Å². The van der Waals surface area contributed by atoms with Crippen molar-refractivity contribution < 1.29 is 18.4 Å². The molecule has 1 fully saturated rings. The van der Waals surface area contributed by atoms with Gasteiger partial charge < -0.3 is 18.5 Å². The van der Waals surface area contributed by atoms with Gasteiger partial charge in [-0.2, -0.15) is 0 Å². The topological polar surface area (TPSA) is 55.8 Å². The number of benzene rings is 1. The van der Waals surface area contributed by atoms with Crippen molar-refractivity contribution >= 4 is 5.91 Å². The number of hydrogen-bond acceptors (Lipinski definition) is 4. The van der Waals surface area contributed by atoms with Crippen molar-refractivity contribution in [1.29, 1.82) is 0 Å². The first-order valence-corrected chi connectivity index (χ1v) is 10.1. The van der Waals surface area contributed by atoms with Gasteiger partial charge in [-0.15, -0.1) is 0 Å². The number of hydrogen-bond donors (Lipinski definition) is 0. The molecule has 2 unspecified atom stereocenters. The molecule has 1 saturated carbocycles. The van der Waals surface area contributed by atoms with E-state index in [-0.39, 0.29) is 12.5 Å². The SMILES string of the molecule is Cc1cccc(OCC(=O)N(Cc2ccco2)Cc2ccc(C3CC3C)o2)c1C. The lowest BCUT2D eigenvalue weighted by Crippen LogP contribution is -2.34. The second-order valence-corrected chi connectivity index (χ2v) is 7.94. The molecule has 2 atom stereocenters. The van der Waals surface area contributed by atoms with Crippen molar-refractivity contribution in [1.82, 2.24) is 4.90 Å². The molecule has 2 heterocycles. The number of furan rings is 2. The maximum absolute atomic E-state index is 13.0. The van der Waals surface area contributed by atoms with Crippen molar-refractivity contribution in [3.8, 4) is 5.75 Å². The second kappa shape index (κ2) is 8.19. The van der Waals surface area contributed by atoms with Crippen LogP contribution >= 0.6 is 0 Å². The van der Waals surface area contributed by atoms with E-state index in [2.05, 4.69) is 6.92 Å². The largest absolute Gasteiger partial charge is 0.483 e. The van der Waals surface area contributed by atoms with E-state index in [0.29, 0.717) is 24.9 Å². The summed E-state index contributed by atoms with van der Waals surface area (Å²) >= 11 is 0. The number of rotatable bonds is 8. The van der Waals surface area contributed by atoms with E-state index >= 15 is 0 Å². The maximum Gasteiger partial charge on any atom is 0.261 e. The van der Waals surface area contributed by atoms with Crippen molar-refractivity contribution in [3.05, 3.63) is 77.1 Å². The summed E-state index contributed by atoms with van der Waals surface area (Å²) in [5, 5.41) is 0. The van der Waals surface area contributed by atoms with Crippen LogP contribution in [0.5, 0.6) is 5.75 Å². The van der Waals surface area contributed by atoms with Gasteiger partial charge in [0.25, 0.3) is 5.91 Å². The Balaban J connectivity index is 1.45. The van der Waals surface area contributed by atoms with Crippen LogP contribution in [0.15, 0.2) is 57.6 Å². The molecule has 1 aliphatic carbocycles. The Morgan fingerprint density at radius 1 is 1.10 bits per heavy atom. The molecule has 1 amide bonds. The third kappa shape index (κ3) is 4.56. The van der Waals surface area contributed by atoms with E-state index in [1.807, 2.05) is 56.3 Å². The zero-order valence-electron chi connectivity index (χ0n) is 17.2. The number of amides is 1. The molecule has 0 aliphatic heterocycles. The van der Waals surface area contributed by atoms with E-state index in [1.54, 1.807) is 11.2 Å².